The Morgan fingerprint density at radius 2 is 1.70 bits per heavy atom. The monoisotopic (exact) mass is 536 g/mol. The number of sulfonamides is 1. The van der Waals surface area contributed by atoms with Gasteiger partial charge in [-0.15, -0.1) is 0 Å². The van der Waals surface area contributed by atoms with Gasteiger partial charge in [-0.05, 0) is 53.6 Å². The van der Waals surface area contributed by atoms with Crippen LogP contribution in [0.15, 0.2) is 107 Å². The molecule has 0 spiro atoms. The van der Waals surface area contributed by atoms with E-state index in [0.29, 0.717) is 22.9 Å². The van der Waals surface area contributed by atoms with Gasteiger partial charge in [-0.3, -0.25) is 20.3 Å². The summed E-state index contributed by atoms with van der Waals surface area (Å²) in [6, 6.07) is 26.4. The van der Waals surface area contributed by atoms with Crippen molar-refractivity contribution in [3.63, 3.8) is 0 Å². The Morgan fingerprint density at radius 3 is 2.43 bits per heavy atom. The highest BCUT2D eigenvalue weighted by atomic mass is 35.5. The van der Waals surface area contributed by atoms with E-state index in [4.69, 9.17) is 16.3 Å². The molecule has 0 saturated carbocycles. The number of ether oxygens (including phenoxy) is 1. The van der Waals surface area contributed by atoms with Gasteiger partial charge in [0.15, 0.2) is 0 Å². The third kappa shape index (κ3) is 7.06. The van der Waals surface area contributed by atoms with Gasteiger partial charge in [0.25, 0.3) is 15.7 Å². The lowest BCUT2D eigenvalue weighted by Gasteiger charge is -2.12. The fourth-order valence-corrected chi connectivity index (χ4v) is 4.63. The topological polar surface area (TPSA) is 123 Å². The van der Waals surface area contributed by atoms with Crippen molar-refractivity contribution in [1.82, 2.24) is 0 Å². The Balaban J connectivity index is 1.52. The summed E-state index contributed by atoms with van der Waals surface area (Å²) in [6.45, 7) is 0.407. The van der Waals surface area contributed by atoms with Crippen molar-refractivity contribution < 1.29 is 18.1 Å². The second-order valence-corrected chi connectivity index (χ2v) is 9.85. The lowest BCUT2D eigenvalue weighted by atomic mass is 10.2. The number of rotatable bonds is 10. The third-order valence-electron chi connectivity index (χ3n) is 5.07. The number of hydrogen-bond donors (Lipinski definition) is 2. The molecule has 9 nitrogen and oxygen atoms in total. The number of nitrogens with zero attached hydrogens (tertiary/aromatic N) is 2. The van der Waals surface area contributed by atoms with Crippen molar-refractivity contribution in [3.8, 4) is 5.75 Å². The molecule has 0 unspecified atom stereocenters. The van der Waals surface area contributed by atoms with Gasteiger partial charge in [0.1, 0.15) is 17.3 Å². The number of hydrazone groups is 1. The first kappa shape index (κ1) is 25.7. The number of benzene rings is 4. The van der Waals surface area contributed by atoms with Gasteiger partial charge in [0, 0.05) is 22.8 Å². The van der Waals surface area contributed by atoms with Crippen LogP contribution in [0.1, 0.15) is 11.1 Å². The zero-order valence-corrected chi connectivity index (χ0v) is 20.8. The van der Waals surface area contributed by atoms with Crippen LogP contribution in [0.25, 0.3) is 0 Å². The van der Waals surface area contributed by atoms with E-state index in [1.807, 2.05) is 36.4 Å². The number of nitrogens with one attached hydrogen (secondary N) is 2. The second kappa shape index (κ2) is 11.5. The molecule has 2 N–H and O–H groups in total. The van der Waals surface area contributed by atoms with E-state index in [0.717, 1.165) is 11.6 Å². The van der Waals surface area contributed by atoms with Crippen LogP contribution < -0.4 is 14.9 Å². The van der Waals surface area contributed by atoms with E-state index >= 15 is 0 Å². The molecule has 0 fully saturated rings. The average molecular weight is 537 g/mol. The summed E-state index contributed by atoms with van der Waals surface area (Å²) in [7, 11) is -4.20. The molecule has 188 valence electrons. The maximum absolute atomic E-state index is 13.1. The summed E-state index contributed by atoms with van der Waals surface area (Å²) in [5.41, 5.74) is 4.32. The van der Waals surface area contributed by atoms with E-state index in [2.05, 4.69) is 15.2 Å². The maximum Gasteiger partial charge on any atom is 0.270 e. The van der Waals surface area contributed by atoms with Crippen molar-refractivity contribution >= 4 is 44.9 Å². The molecule has 11 heteroatoms. The highest BCUT2D eigenvalue weighted by molar-refractivity contribution is 7.92. The van der Waals surface area contributed by atoms with E-state index in [1.165, 1.54) is 42.6 Å². The summed E-state index contributed by atoms with van der Waals surface area (Å²) in [4.78, 5) is 10.3. The zero-order valence-electron chi connectivity index (χ0n) is 19.2. The maximum atomic E-state index is 13.1. The minimum absolute atomic E-state index is 0.0554. The smallest absolute Gasteiger partial charge is 0.270 e. The van der Waals surface area contributed by atoms with Gasteiger partial charge in [0.05, 0.1) is 16.8 Å². The van der Waals surface area contributed by atoms with Crippen LogP contribution >= 0.6 is 11.6 Å². The molecule has 4 aromatic rings. The highest BCUT2D eigenvalue weighted by Crippen LogP contribution is 2.28. The number of non-ortho nitro benzene ring substituents is 1. The number of anilines is 2. The van der Waals surface area contributed by atoms with Crippen molar-refractivity contribution in [3.05, 3.63) is 123 Å². The molecule has 0 atom stereocenters. The molecule has 0 radical (unpaired) electrons. The molecule has 0 aliphatic heterocycles. The molecule has 0 amide bonds. The molecule has 4 rings (SSSR count). The Kier molecular flexibility index (Phi) is 8.02. The molecule has 37 heavy (non-hydrogen) atoms. The molecule has 0 bridgehead atoms. The minimum Gasteiger partial charge on any atom is -0.489 e. The van der Waals surface area contributed by atoms with Gasteiger partial charge in [-0.2, -0.15) is 5.10 Å². The predicted octanol–water partition coefficient (Wildman–Crippen LogP) is 6.07. The van der Waals surface area contributed by atoms with Gasteiger partial charge in [-0.1, -0.05) is 54.1 Å². The SMILES string of the molecule is O=[N+]([O-])c1ccc(N/N=C/c2cccc(OCc3ccccc3)c2)c(S(=O)(=O)Nc2ccc(Cl)cc2)c1. The van der Waals surface area contributed by atoms with Crippen LogP contribution in [0.4, 0.5) is 17.1 Å². The Bertz CT molecular complexity index is 1530. The average Bonchev–Trinajstić information content (AvgIpc) is 2.89. The molecule has 0 aliphatic carbocycles. The highest BCUT2D eigenvalue weighted by Gasteiger charge is 2.22. The van der Waals surface area contributed by atoms with Gasteiger partial charge < -0.3 is 4.74 Å². The van der Waals surface area contributed by atoms with Gasteiger partial charge in [-0.25, -0.2) is 8.42 Å². The number of hydrogen-bond acceptors (Lipinski definition) is 7. The molecule has 0 aliphatic rings. The first-order valence-electron chi connectivity index (χ1n) is 10.9. The normalized spacial score (nSPS) is 11.3. The van der Waals surface area contributed by atoms with E-state index in [9.17, 15) is 18.5 Å². The first-order valence-corrected chi connectivity index (χ1v) is 12.8. The van der Waals surface area contributed by atoms with Crippen molar-refractivity contribution in [2.45, 2.75) is 11.5 Å². The predicted molar refractivity (Wildman–Crippen MR) is 144 cm³/mol. The second-order valence-electron chi connectivity index (χ2n) is 7.77. The summed E-state index contributed by atoms with van der Waals surface area (Å²) in [5, 5.41) is 15.8. The van der Waals surface area contributed by atoms with Crippen molar-refractivity contribution in [1.29, 1.82) is 0 Å². The van der Waals surface area contributed by atoms with Gasteiger partial charge >= 0.3 is 0 Å². The first-order chi connectivity index (χ1) is 17.8. The largest absolute Gasteiger partial charge is 0.489 e. The zero-order chi connectivity index (χ0) is 26.3. The van der Waals surface area contributed by atoms with Crippen LogP contribution in [-0.2, 0) is 16.6 Å². The van der Waals surface area contributed by atoms with E-state index in [-0.39, 0.29) is 22.0 Å². The Labute approximate surface area is 218 Å². The fraction of sp³-hybridized carbons (Fsp3) is 0.0385. The summed E-state index contributed by atoms with van der Waals surface area (Å²) >= 11 is 5.86. The van der Waals surface area contributed by atoms with Crippen LogP contribution in [0.5, 0.6) is 5.75 Å². The van der Waals surface area contributed by atoms with Gasteiger partial charge in [0.2, 0.25) is 0 Å². The van der Waals surface area contributed by atoms with E-state index < -0.39 is 14.9 Å². The summed E-state index contributed by atoms with van der Waals surface area (Å²) in [6.07, 6.45) is 1.49. The quantitative estimate of drug-likeness (QED) is 0.144. The molecular formula is C26H21ClN4O5S. The molecule has 0 saturated heterocycles. The molecule has 4 aromatic carbocycles. The molecule has 0 heterocycles. The fourth-order valence-electron chi connectivity index (χ4n) is 3.27. The van der Waals surface area contributed by atoms with Crippen molar-refractivity contribution in [2.75, 3.05) is 10.1 Å². The third-order valence-corrected chi connectivity index (χ3v) is 6.74. The Morgan fingerprint density at radius 1 is 0.946 bits per heavy atom. The minimum atomic E-state index is -4.20. The van der Waals surface area contributed by atoms with Crippen LogP contribution in [0.3, 0.4) is 0 Å². The number of nitro benzene ring substituents is 1. The summed E-state index contributed by atoms with van der Waals surface area (Å²) < 4.78 is 34.4. The van der Waals surface area contributed by atoms with Crippen LogP contribution in [0, 0.1) is 10.1 Å². The number of nitro groups is 1. The Hall–Kier alpha value is -4.41. The lowest BCUT2D eigenvalue weighted by molar-refractivity contribution is -0.385. The lowest BCUT2D eigenvalue weighted by Crippen LogP contribution is -2.15. The standard InChI is InChI=1S/C26H21ClN4O5S/c27-21-9-11-22(12-10-21)30-37(34,35)26-16-23(31(32)33)13-14-25(26)29-28-17-20-7-4-8-24(15-20)36-18-19-5-2-1-3-6-19/h1-17,29-30H,18H2/b28-17+. The number of halogens is 1. The summed E-state index contributed by atoms with van der Waals surface area (Å²) in [5.74, 6) is 0.638. The van der Waals surface area contributed by atoms with Crippen LogP contribution in [0.2, 0.25) is 5.02 Å². The molecule has 0 aromatic heterocycles. The van der Waals surface area contributed by atoms with Crippen LogP contribution in [-0.4, -0.2) is 19.6 Å². The van der Waals surface area contributed by atoms with Crippen molar-refractivity contribution in [2.24, 2.45) is 5.10 Å². The molecular weight excluding hydrogens is 516 g/mol. The van der Waals surface area contributed by atoms with E-state index in [1.54, 1.807) is 18.2 Å².